The molecule has 1 fully saturated rings. The summed E-state index contributed by atoms with van der Waals surface area (Å²) >= 11 is 0. The van der Waals surface area contributed by atoms with Gasteiger partial charge in [-0.2, -0.15) is 0 Å². The van der Waals surface area contributed by atoms with E-state index in [2.05, 4.69) is 62.2 Å². The van der Waals surface area contributed by atoms with Gasteiger partial charge in [-0.15, -0.1) is 0 Å². The predicted octanol–water partition coefficient (Wildman–Crippen LogP) is 4.68. The Morgan fingerprint density at radius 2 is 1.73 bits per heavy atom. The second kappa shape index (κ2) is 6.70. The van der Waals surface area contributed by atoms with Crippen LogP contribution in [0.3, 0.4) is 0 Å². The van der Waals surface area contributed by atoms with E-state index in [0.29, 0.717) is 11.8 Å². The van der Waals surface area contributed by atoms with Crippen LogP contribution in [0.4, 0.5) is 0 Å². The van der Waals surface area contributed by atoms with Crippen LogP contribution in [-0.4, -0.2) is 31.6 Å². The third-order valence-electron chi connectivity index (χ3n) is 4.83. The third kappa shape index (κ3) is 3.61. The minimum absolute atomic E-state index is 0.574. The van der Waals surface area contributed by atoms with Crippen LogP contribution in [0.25, 0.3) is 10.8 Å². The van der Waals surface area contributed by atoms with E-state index in [1.807, 2.05) is 0 Å². The molecule has 1 saturated heterocycles. The van der Waals surface area contributed by atoms with Crippen LogP contribution in [0.2, 0.25) is 0 Å². The number of benzene rings is 2. The summed E-state index contributed by atoms with van der Waals surface area (Å²) in [5.41, 5.74) is 1.40. The standard InChI is InChI=1S/C20H27NO/c1-15(2)17-4-5-19-13-20(7-6-18(19)12-17)22-14-16-8-10-21(3)11-9-16/h4-7,12-13,15-16H,8-11,14H2,1-3H3. The average molecular weight is 297 g/mol. The fourth-order valence-corrected chi connectivity index (χ4v) is 3.13. The Balaban J connectivity index is 1.66. The Bertz CT molecular complexity index is 627. The lowest BCUT2D eigenvalue weighted by Crippen LogP contribution is -2.32. The number of likely N-dealkylation sites (tertiary alicyclic amines) is 1. The summed E-state index contributed by atoms with van der Waals surface area (Å²) in [4.78, 5) is 2.40. The number of fused-ring (bicyclic) bond motifs is 1. The molecule has 2 nitrogen and oxygen atoms in total. The van der Waals surface area contributed by atoms with Crippen LogP contribution in [0, 0.1) is 5.92 Å². The summed E-state index contributed by atoms with van der Waals surface area (Å²) in [5, 5.41) is 2.57. The molecule has 0 spiro atoms. The van der Waals surface area contributed by atoms with Gasteiger partial charge in [-0.05, 0) is 73.3 Å². The highest BCUT2D eigenvalue weighted by Crippen LogP contribution is 2.26. The summed E-state index contributed by atoms with van der Waals surface area (Å²) in [6.45, 7) is 7.72. The van der Waals surface area contributed by atoms with E-state index in [0.717, 1.165) is 12.4 Å². The van der Waals surface area contributed by atoms with E-state index < -0.39 is 0 Å². The first kappa shape index (κ1) is 15.4. The third-order valence-corrected chi connectivity index (χ3v) is 4.83. The maximum atomic E-state index is 6.05. The van der Waals surface area contributed by atoms with Gasteiger partial charge in [0.05, 0.1) is 6.61 Å². The zero-order chi connectivity index (χ0) is 15.5. The fraction of sp³-hybridized carbons (Fsp3) is 0.500. The van der Waals surface area contributed by atoms with Crippen LogP contribution in [0.15, 0.2) is 36.4 Å². The molecule has 2 aromatic carbocycles. The summed E-state index contributed by atoms with van der Waals surface area (Å²) < 4.78 is 6.05. The molecule has 1 aliphatic heterocycles. The monoisotopic (exact) mass is 297 g/mol. The first-order valence-electron chi connectivity index (χ1n) is 8.47. The molecule has 0 amide bonds. The second-order valence-electron chi connectivity index (χ2n) is 6.98. The fourth-order valence-electron chi connectivity index (χ4n) is 3.13. The summed E-state index contributed by atoms with van der Waals surface area (Å²) in [6.07, 6.45) is 2.50. The van der Waals surface area contributed by atoms with E-state index in [9.17, 15) is 0 Å². The van der Waals surface area contributed by atoms with E-state index in [-0.39, 0.29) is 0 Å². The molecule has 1 heterocycles. The molecule has 0 bridgehead atoms. The molecule has 118 valence electrons. The molecule has 0 N–H and O–H groups in total. The zero-order valence-electron chi connectivity index (χ0n) is 14.0. The molecule has 1 aliphatic rings. The maximum absolute atomic E-state index is 6.05. The Labute approximate surface area is 134 Å². The number of hydrogen-bond donors (Lipinski definition) is 0. The van der Waals surface area contributed by atoms with Gasteiger partial charge >= 0.3 is 0 Å². The van der Waals surface area contributed by atoms with Crippen molar-refractivity contribution in [1.29, 1.82) is 0 Å². The minimum atomic E-state index is 0.574. The molecule has 3 rings (SSSR count). The number of rotatable bonds is 4. The van der Waals surface area contributed by atoms with Crippen molar-refractivity contribution in [2.45, 2.75) is 32.6 Å². The van der Waals surface area contributed by atoms with Crippen molar-refractivity contribution in [2.24, 2.45) is 5.92 Å². The van der Waals surface area contributed by atoms with Crippen molar-refractivity contribution >= 4 is 10.8 Å². The topological polar surface area (TPSA) is 12.5 Å². The van der Waals surface area contributed by atoms with E-state index in [4.69, 9.17) is 4.74 Å². The Morgan fingerprint density at radius 1 is 1.05 bits per heavy atom. The van der Waals surface area contributed by atoms with Crippen LogP contribution in [-0.2, 0) is 0 Å². The SMILES string of the molecule is CC(C)c1ccc2cc(OCC3CCN(C)CC3)ccc2c1. The van der Waals surface area contributed by atoms with Crippen molar-refractivity contribution < 1.29 is 4.74 Å². The van der Waals surface area contributed by atoms with E-state index in [1.165, 1.54) is 42.3 Å². The van der Waals surface area contributed by atoms with E-state index >= 15 is 0 Å². The predicted molar refractivity (Wildman–Crippen MR) is 93.8 cm³/mol. The smallest absolute Gasteiger partial charge is 0.119 e. The lowest BCUT2D eigenvalue weighted by atomic mass is 9.98. The van der Waals surface area contributed by atoms with Gasteiger partial charge in [0.1, 0.15) is 5.75 Å². The van der Waals surface area contributed by atoms with E-state index in [1.54, 1.807) is 0 Å². The lowest BCUT2D eigenvalue weighted by Gasteiger charge is -2.28. The molecule has 2 aromatic rings. The number of nitrogens with zero attached hydrogens (tertiary/aromatic N) is 1. The number of ether oxygens (including phenoxy) is 1. The van der Waals surface area contributed by atoms with Gasteiger partial charge in [0, 0.05) is 0 Å². The highest BCUT2D eigenvalue weighted by Gasteiger charge is 2.17. The maximum Gasteiger partial charge on any atom is 0.119 e. The van der Waals surface area contributed by atoms with Gasteiger partial charge in [-0.3, -0.25) is 0 Å². The lowest BCUT2D eigenvalue weighted by molar-refractivity contribution is 0.160. The largest absolute Gasteiger partial charge is 0.493 e. The Morgan fingerprint density at radius 3 is 2.45 bits per heavy atom. The highest BCUT2D eigenvalue weighted by molar-refractivity contribution is 5.84. The summed E-state index contributed by atoms with van der Waals surface area (Å²) in [7, 11) is 2.20. The Hall–Kier alpha value is -1.54. The van der Waals surface area contributed by atoms with Gasteiger partial charge in [-0.1, -0.05) is 38.1 Å². The summed E-state index contributed by atoms with van der Waals surface area (Å²) in [6, 6.07) is 13.2. The minimum Gasteiger partial charge on any atom is -0.493 e. The molecule has 0 aromatic heterocycles. The molecule has 2 heteroatoms. The van der Waals surface area contributed by atoms with Crippen LogP contribution < -0.4 is 4.74 Å². The van der Waals surface area contributed by atoms with Crippen molar-refractivity contribution in [3.05, 3.63) is 42.0 Å². The van der Waals surface area contributed by atoms with Crippen LogP contribution >= 0.6 is 0 Å². The van der Waals surface area contributed by atoms with Crippen molar-refractivity contribution in [1.82, 2.24) is 4.90 Å². The van der Waals surface area contributed by atoms with Gasteiger partial charge in [-0.25, -0.2) is 0 Å². The normalized spacial score (nSPS) is 17.3. The number of piperidine rings is 1. The molecule has 0 atom stereocenters. The highest BCUT2D eigenvalue weighted by atomic mass is 16.5. The van der Waals surface area contributed by atoms with Gasteiger partial charge in [0.15, 0.2) is 0 Å². The quantitative estimate of drug-likeness (QED) is 0.812. The second-order valence-corrected chi connectivity index (χ2v) is 6.98. The molecule has 0 saturated carbocycles. The van der Waals surface area contributed by atoms with Crippen LogP contribution in [0.1, 0.15) is 38.2 Å². The molecule has 0 aliphatic carbocycles. The van der Waals surface area contributed by atoms with Gasteiger partial charge in [0.25, 0.3) is 0 Å². The molecular formula is C20H27NO. The molecular weight excluding hydrogens is 270 g/mol. The molecule has 22 heavy (non-hydrogen) atoms. The van der Waals surface area contributed by atoms with Gasteiger partial charge in [0.2, 0.25) is 0 Å². The molecule has 0 radical (unpaired) electrons. The number of hydrogen-bond acceptors (Lipinski definition) is 2. The first-order chi connectivity index (χ1) is 10.6. The summed E-state index contributed by atoms with van der Waals surface area (Å²) in [5.74, 6) is 2.28. The van der Waals surface area contributed by atoms with Crippen molar-refractivity contribution in [3.8, 4) is 5.75 Å². The zero-order valence-corrected chi connectivity index (χ0v) is 14.0. The Kier molecular flexibility index (Phi) is 4.68. The average Bonchev–Trinajstić information content (AvgIpc) is 2.53. The van der Waals surface area contributed by atoms with Gasteiger partial charge < -0.3 is 9.64 Å². The van der Waals surface area contributed by atoms with Crippen LogP contribution in [0.5, 0.6) is 5.75 Å². The van der Waals surface area contributed by atoms with Crippen molar-refractivity contribution in [3.63, 3.8) is 0 Å². The first-order valence-corrected chi connectivity index (χ1v) is 8.47. The van der Waals surface area contributed by atoms with Crippen molar-refractivity contribution in [2.75, 3.05) is 26.7 Å². The molecule has 0 unspecified atom stereocenters.